The van der Waals surface area contributed by atoms with Crippen LogP contribution in [0.2, 0.25) is 0 Å². The van der Waals surface area contributed by atoms with Crippen molar-refractivity contribution in [1.82, 2.24) is 10.4 Å². The molecular formula is C15H17N3O2. The molecule has 0 fully saturated rings. The third kappa shape index (κ3) is 3.80. The van der Waals surface area contributed by atoms with Gasteiger partial charge >= 0.3 is 0 Å². The van der Waals surface area contributed by atoms with Crippen LogP contribution >= 0.6 is 0 Å². The molecule has 2 rings (SSSR count). The second-order valence-electron chi connectivity index (χ2n) is 4.44. The number of benzene rings is 1. The number of carbonyl (C=O) groups excluding carboxylic acids is 1. The second kappa shape index (κ2) is 6.68. The van der Waals surface area contributed by atoms with E-state index in [-0.39, 0.29) is 12.3 Å². The maximum absolute atomic E-state index is 11.4. The Morgan fingerprint density at radius 1 is 1.25 bits per heavy atom. The topological polar surface area (TPSA) is 77.2 Å². The zero-order chi connectivity index (χ0) is 14.4. The Labute approximate surface area is 117 Å². The molecule has 1 amide bonds. The van der Waals surface area contributed by atoms with Gasteiger partial charge in [-0.1, -0.05) is 24.3 Å². The number of ether oxygens (including phenoxy) is 1. The molecule has 5 heteroatoms. The first-order valence-corrected chi connectivity index (χ1v) is 6.30. The number of aromatic nitrogens is 1. The molecule has 0 aliphatic carbocycles. The van der Waals surface area contributed by atoms with Crippen LogP contribution in [0.5, 0.6) is 5.75 Å². The quantitative estimate of drug-likeness (QED) is 0.491. The molecule has 0 bridgehead atoms. The molecule has 1 heterocycles. The lowest BCUT2D eigenvalue weighted by Gasteiger charge is -2.10. The maximum Gasteiger partial charge on any atom is 0.238 e. The van der Waals surface area contributed by atoms with Gasteiger partial charge in [0.2, 0.25) is 5.91 Å². The van der Waals surface area contributed by atoms with Gasteiger partial charge in [0.1, 0.15) is 12.4 Å². The van der Waals surface area contributed by atoms with Gasteiger partial charge in [0.15, 0.2) is 0 Å². The van der Waals surface area contributed by atoms with E-state index in [4.69, 9.17) is 10.6 Å². The van der Waals surface area contributed by atoms with E-state index in [0.717, 1.165) is 16.8 Å². The molecule has 0 saturated heterocycles. The molecule has 1 aromatic carbocycles. The van der Waals surface area contributed by atoms with Crippen molar-refractivity contribution in [1.29, 1.82) is 0 Å². The number of pyridine rings is 1. The van der Waals surface area contributed by atoms with Crippen molar-refractivity contribution >= 4 is 5.91 Å². The number of nitrogens with zero attached hydrogens (tertiary/aromatic N) is 1. The summed E-state index contributed by atoms with van der Waals surface area (Å²) in [4.78, 5) is 15.5. The SMILES string of the molecule is Cc1ccc(OCc2ccccc2CC(=O)NN)cn1. The van der Waals surface area contributed by atoms with Crippen LogP contribution in [0.15, 0.2) is 42.6 Å². The predicted molar refractivity (Wildman–Crippen MR) is 75.8 cm³/mol. The Kier molecular flexibility index (Phi) is 4.68. The molecular weight excluding hydrogens is 254 g/mol. The highest BCUT2D eigenvalue weighted by atomic mass is 16.5. The smallest absolute Gasteiger partial charge is 0.238 e. The highest BCUT2D eigenvalue weighted by Gasteiger charge is 2.07. The van der Waals surface area contributed by atoms with E-state index in [1.807, 2.05) is 43.3 Å². The van der Waals surface area contributed by atoms with Crippen LogP contribution in [0.25, 0.3) is 0 Å². The van der Waals surface area contributed by atoms with Crippen molar-refractivity contribution in [2.24, 2.45) is 5.84 Å². The summed E-state index contributed by atoms with van der Waals surface area (Å²) in [5, 5.41) is 0. The number of amides is 1. The number of nitrogens with two attached hydrogens (primary N) is 1. The summed E-state index contributed by atoms with van der Waals surface area (Å²) in [6.45, 7) is 2.31. The molecule has 0 spiro atoms. The Hall–Kier alpha value is -2.40. The van der Waals surface area contributed by atoms with Gasteiger partial charge in [0, 0.05) is 5.69 Å². The number of hydrazine groups is 1. The van der Waals surface area contributed by atoms with Gasteiger partial charge < -0.3 is 4.74 Å². The van der Waals surface area contributed by atoms with Crippen LogP contribution < -0.4 is 16.0 Å². The first kappa shape index (κ1) is 14.0. The average Bonchev–Trinajstić information content (AvgIpc) is 2.48. The van der Waals surface area contributed by atoms with Crippen LogP contribution in [0.1, 0.15) is 16.8 Å². The molecule has 3 N–H and O–H groups in total. The van der Waals surface area contributed by atoms with Crippen molar-refractivity contribution in [3.05, 3.63) is 59.4 Å². The first-order chi connectivity index (χ1) is 9.69. The van der Waals surface area contributed by atoms with Crippen molar-refractivity contribution in [2.45, 2.75) is 20.0 Å². The van der Waals surface area contributed by atoms with Gasteiger partial charge in [0.05, 0.1) is 12.6 Å². The van der Waals surface area contributed by atoms with Crippen molar-refractivity contribution < 1.29 is 9.53 Å². The number of hydrogen-bond donors (Lipinski definition) is 2. The molecule has 0 unspecified atom stereocenters. The average molecular weight is 271 g/mol. The molecule has 0 aliphatic rings. The summed E-state index contributed by atoms with van der Waals surface area (Å²) in [6, 6.07) is 11.4. The standard InChI is InChI=1S/C15H17N3O2/c1-11-6-7-14(9-17-11)20-10-13-5-3-2-4-12(13)8-15(19)18-16/h2-7,9H,8,10,16H2,1H3,(H,18,19). The fourth-order valence-electron chi connectivity index (χ4n) is 1.80. The number of hydrogen-bond acceptors (Lipinski definition) is 4. The molecule has 20 heavy (non-hydrogen) atoms. The number of carbonyl (C=O) groups is 1. The Morgan fingerprint density at radius 2 is 2.00 bits per heavy atom. The van der Waals surface area contributed by atoms with Gasteiger partial charge in [-0.05, 0) is 30.2 Å². The summed E-state index contributed by atoms with van der Waals surface area (Å²) in [6.07, 6.45) is 1.92. The zero-order valence-corrected chi connectivity index (χ0v) is 11.3. The van der Waals surface area contributed by atoms with E-state index < -0.39 is 0 Å². The normalized spacial score (nSPS) is 10.1. The second-order valence-corrected chi connectivity index (χ2v) is 4.44. The lowest BCUT2D eigenvalue weighted by atomic mass is 10.1. The Morgan fingerprint density at radius 3 is 2.65 bits per heavy atom. The highest BCUT2D eigenvalue weighted by molar-refractivity contribution is 5.78. The largest absolute Gasteiger partial charge is 0.487 e. The Balaban J connectivity index is 2.05. The monoisotopic (exact) mass is 271 g/mol. The molecule has 5 nitrogen and oxygen atoms in total. The number of rotatable bonds is 5. The lowest BCUT2D eigenvalue weighted by Crippen LogP contribution is -2.31. The van der Waals surface area contributed by atoms with E-state index in [0.29, 0.717) is 12.4 Å². The summed E-state index contributed by atoms with van der Waals surface area (Å²) in [5.74, 6) is 5.59. The van der Waals surface area contributed by atoms with Crippen LogP contribution in [0, 0.1) is 6.92 Å². The molecule has 0 radical (unpaired) electrons. The third-order valence-corrected chi connectivity index (χ3v) is 2.91. The summed E-state index contributed by atoms with van der Waals surface area (Å²) in [5.41, 5.74) is 4.93. The summed E-state index contributed by atoms with van der Waals surface area (Å²) >= 11 is 0. The lowest BCUT2D eigenvalue weighted by molar-refractivity contribution is -0.120. The van der Waals surface area contributed by atoms with E-state index in [9.17, 15) is 4.79 Å². The van der Waals surface area contributed by atoms with Crippen LogP contribution in [0.3, 0.4) is 0 Å². The molecule has 0 saturated carbocycles. The van der Waals surface area contributed by atoms with E-state index in [2.05, 4.69) is 10.4 Å². The molecule has 0 atom stereocenters. The van der Waals surface area contributed by atoms with Crippen molar-refractivity contribution in [3.8, 4) is 5.75 Å². The summed E-state index contributed by atoms with van der Waals surface area (Å²) in [7, 11) is 0. The van der Waals surface area contributed by atoms with Gasteiger partial charge in [0.25, 0.3) is 0 Å². The fourth-order valence-corrected chi connectivity index (χ4v) is 1.80. The van der Waals surface area contributed by atoms with Gasteiger partial charge in [-0.3, -0.25) is 15.2 Å². The molecule has 1 aromatic heterocycles. The van der Waals surface area contributed by atoms with Crippen LogP contribution in [-0.4, -0.2) is 10.9 Å². The van der Waals surface area contributed by atoms with Crippen LogP contribution in [-0.2, 0) is 17.8 Å². The van der Waals surface area contributed by atoms with E-state index >= 15 is 0 Å². The van der Waals surface area contributed by atoms with E-state index in [1.54, 1.807) is 6.20 Å². The maximum atomic E-state index is 11.4. The van der Waals surface area contributed by atoms with Gasteiger partial charge in [-0.2, -0.15) is 0 Å². The minimum absolute atomic E-state index is 0.227. The van der Waals surface area contributed by atoms with Gasteiger partial charge in [-0.15, -0.1) is 0 Å². The van der Waals surface area contributed by atoms with Crippen molar-refractivity contribution in [2.75, 3.05) is 0 Å². The number of nitrogens with one attached hydrogen (secondary N) is 1. The summed E-state index contributed by atoms with van der Waals surface area (Å²) < 4.78 is 5.68. The van der Waals surface area contributed by atoms with Crippen LogP contribution in [0.4, 0.5) is 0 Å². The highest BCUT2D eigenvalue weighted by Crippen LogP contribution is 2.15. The predicted octanol–water partition coefficient (Wildman–Crippen LogP) is 1.50. The minimum Gasteiger partial charge on any atom is -0.487 e. The number of aryl methyl sites for hydroxylation is 1. The molecule has 104 valence electrons. The minimum atomic E-state index is -0.227. The zero-order valence-electron chi connectivity index (χ0n) is 11.3. The third-order valence-electron chi connectivity index (χ3n) is 2.91. The van der Waals surface area contributed by atoms with Gasteiger partial charge in [-0.25, -0.2) is 5.84 Å². The Bertz CT molecular complexity index is 582. The van der Waals surface area contributed by atoms with E-state index in [1.165, 1.54) is 0 Å². The molecule has 2 aromatic rings. The molecule has 0 aliphatic heterocycles. The fraction of sp³-hybridized carbons (Fsp3) is 0.200. The first-order valence-electron chi connectivity index (χ1n) is 6.30. The van der Waals surface area contributed by atoms with Crippen molar-refractivity contribution in [3.63, 3.8) is 0 Å².